The highest BCUT2D eigenvalue weighted by atomic mass is 15.5. The normalized spacial score (nSPS) is 27.0. The molecule has 0 saturated carbocycles. The molecule has 1 heterocycles. The van der Waals surface area contributed by atoms with Crippen LogP contribution in [-0.4, -0.2) is 23.1 Å². The lowest BCUT2D eigenvalue weighted by molar-refractivity contribution is 0.171. The Morgan fingerprint density at radius 1 is 1.13 bits per heavy atom. The van der Waals surface area contributed by atoms with Gasteiger partial charge in [0.1, 0.15) is 0 Å². The van der Waals surface area contributed by atoms with E-state index < -0.39 is 0 Å². The highest BCUT2D eigenvalue weighted by Crippen LogP contribution is 2.41. The molecule has 2 nitrogen and oxygen atoms in total. The van der Waals surface area contributed by atoms with E-state index in [0.717, 1.165) is 19.4 Å². The van der Waals surface area contributed by atoms with Gasteiger partial charge in [0.25, 0.3) is 0 Å². The summed E-state index contributed by atoms with van der Waals surface area (Å²) < 4.78 is 0. The van der Waals surface area contributed by atoms with E-state index in [-0.39, 0.29) is 5.54 Å². The van der Waals surface area contributed by atoms with E-state index in [0.29, 0.717) is 12.1 Å². The molecule has 1 aromatic carbocycles. The maximum Gasteiger partial charge on any atom is 0.0991 e. The molecule has 2 atom stereocenters. The van der Waals surface area contributed by atoms with Crippen LogP contribution in [0.3, 0.4) is 0 Å². The summed E-state index contributed by atoms with van der Waals surface area (Å²) in [6, 6.07) is 10.8. The molecule has 0 N–H and O–H groups in total. The third-order valence-corrected chi connectivity index (χ3v) is 5.37. The standard InChI is InChI=1S/C21H30N2/c1-6-18-12-10-11-16(2)20(18)23-17(3)22(15-21(23,4)5)19-13-8-7-9-14-19/h7-10,12-14,16-17H,6,11,15H2,1-5H3/t16-,17-/m0/s1. The average molecular weight is 310 g/mol. The van der Waals surface area contributed by atoms with Gasteiger partial charge in [0.15, 0.2) is 0 Å². The van der Waals surface area contributed by atoms with Crippen LogP contribution in [0, 0.1) is 5.92 Å². The number of rotatable bonds is 3. The van der Waals surface area contributed by atoms with Crippen LogP contribution in [0.1, 0.15) is 47.5 Å². The Balaban J connectivity index is 2.02. The maximum absolute atomic E-state index is 2.69. The summed E-state index contributed by atoms with van der Waals surface area (Å²) in [5, 5.41) is 0. The fourth-order valence-electron chi connectivity index (χ4n) is 4.34. The third kappa shape index (κ3) is 2.80. The van der Waals surface area contributed by atoms with Crippen LogP contribution >= 0.6 is 0 Å². The molecule has 23 heavy (non-hydrogen) atoms. The van der Waals surface area contributed by atoms with Crippen molar-refractivity contribution in [3.05, 3.63) is 53.8 Å². The van der Waals surface area contributed by atoms with Crippen LogP contribution in [0.15, 0.2) is 53.8 Å². The Morgan fingerprint density at radius 2 is 1.83 bits per heavy atom. The Bertz CT molecular complexity index is 612. The van der Waals surface area contributed by atoms with Crippen molar-refractivity contribution in [1.29, 1.82) is 0 Å². The molecule has 2 heteroatoms. The topological polar surface area (TPSA) is 6.48 Å². The van der Waals surface area contributed by atoms with E-state index in [9.17, 15) is 0 Å². The van der Waals surface area contributed by atoms with Gasteiger partial charge in [0.05, 0.1) is 11.7 Å². The van der Waals surface area contributed by atoms with Crippen molar-refractivity contribution in [3.63, 3.8) is 0 Å². The van der Waals surface area contributed by atoms with Crippen LogP contribution in [0.25, 0.3) is 0 Å². The van der Waals surface area contributed by atoms with Gasteiger partial charge in [-0.25, -0.2) is 0 Å². The van der Waals surface area contributed by atoms with Crippen molar-refractivity contribution in [3.8, 4) is 0 Å². The van der Waals surface area contributed by atoms with E-state index in [1.165, 1.54) is 11.3 Å². The lowest BCUT2D eigenvalue weighted by Crippen LogP contribution is -2.45. The fraction of sp³-hybridized carbons (Fsp3) is 0.524. The number of anilines is 1. The van der Waals surface area contributed by atoms with Crippen LogP contribution < -0.4 is 4.90 Å². The van der Waals surface area contributed by atoms with E-state index >= 15 is 0 Å². The molecule has 0 amide bonds. The minimum Gasteiger partial charge on any atom is -0.349 e. The summed E-state index contributed by atoms with van der Waals surface area (Å²) in [6.07, 6.45) is 7.35. The predicted molar refractivity (Wildman–Crippen MR) is 99.4 cm³/mol. The number of nitrogens with zero attached hydrogens (tertiary/aromatic N) is 2. The van der Waals surface area contributed by atoms with Crippen LogP contribution in [0.2, 0.25) is 0 Å². The zero-order chi connectivity index (χ0) is 16.6. The van der Waals surface area contributed by atoms with E-state index in [1.54, 1.807) is 5.70 Å². The number of hydrogen-bond donors (Lipinski definition) is 0. The fourth-order valence-corrected chi connectivity index (χ4v) is 4.34. The van der Waals surface area contributed by atoms with Gasteiger partial charge in [-0.1, -0.05) is 44.2 Å². The SMILES string of the molecule is CCC1=C(N2[C@@H](C)N(c3ccccc3)CC2(C)C)[C@@H](C)CC=C1. The highest BCUT2D eigenvalue weighted by molar-refractivity contribution is 5.50. The molecule has 0 bridgehead atoms. The zero-order valence-electron chi connectivity index (χ0n) is 15.2. The smallest absolute Gasteiger partial charge is 0.0991 e. The molecule has 0 unspecified atom stereocenters. The quantitative estimate of drug-likeness (QED) is 0.757. The van der Waals surface area contributed by atoms with Gasteiger partial charge >= 0.3 is 0 Å². The number of para-hydroxylation sites is 1. The molecule has 0 radical (unpaired) electrons. The zero-order valence-corrected chi connectivity index (χ0v) is 15.2. The molecule has 0 spiro atoms. The molecule has 2 aliphatic rings. The summed E-state index contributed by atoms with van der Waals surface area (Å²) in [6.45, 7) is 12.8. The Hall–Kier alpha value is -1.70. The second-order valence-corrected chi connectivity index (χ2v) is 7.58. The number of allylic oxidation sites excluding steroid dienone is 4. The lowest BCUT2D eigenvalue weighted by atomic mass is 9.89. The van der Waals surface area contributed by atoms with Gasteiger partial charge in [0, 0.05) is 17.9 Å². The monoisotopic (exact) mass is 310 g/mol. The Morgan fingerprint density at radius 3 is 2.48 bits per heavy atom. The van der Waals surface area contributed by atoms with Gasteiger partial charge in [-0.2, -0.15) is 0 Å². The van der Waals surface area contributed by atoms with Crippen LogP contribution in [-0.2, 0) is 0 Å². The lowest BCUT2D eigenvalue weighted by Gasteiger charge is -2.42. The van der Waals surface area contributed by atoms with E-state index in [1.807, 2.05) is 0 Å². The first-order valence-corrected chi connectivity index (χ1v) is 8.96. The summed E-state index contributed by atoms with van der Waals surface area (Å²) in [7, 11) is 0. The molecule has 0 aromatic heterocycles. The van der Waals surface area contributed by atoms with Crippen molar-refractivity contribution in [2.75, 3.05) is 11.4 Å². The first kappa shape index (κ1) is 16.2. The number of benzene rings is 1. The van der Waals surface area contributed by atoms with E-state index in [2.05, 4.69) is 86.9 Å². The predicted octanol–water partition coefficient (Wildman–Crippen LogP) is 5.19. The van der Waals surface area contributed by atoms with Crippen molar-refractivity contribution >= 4 is 5.69 Å². The minimum absolute atomic E-state index is 0.143. The summed E-state index contributed by atoms with van der Waals surface area (Å²) in [4.78, 5) is 5.23. The molecule has 1 fully saturated rings. The van der Waals surface area contributed by atoms with Gasteiger partial charge < -0.3 is 9.80 Å². The third-order valence-electron chi connectivity index (χ3n) is 5.37. The highest BCUT2D eigenvalue weighted by Gasteiger charge is 2.45. The van der Waals surface area contributed by atoms with E-state index in [4.69, 9.17) is 0 Å². The molecule has 1 aliphatic carbocycles. The largest absolute Gasteiger partial charge is 0.349 e. The van der Waals surface area contributed by atoms with Crippen molar-refractivity contribution in [1.82, 2.24) is 4.90 Å². The molecule has 1 saturated heterocycles. The van der Waals surface area contributed by atoms with Gasteiger partial charge in [-0.3, -0.25) is 0 Å². The minimum atomic E-state index is 0.143. The van der Waals surface area contributed by atoms with Gasteiger partial charge in [-0.15, -0.1) is 0 Å². The Labute approximate surface area is 141 Å². The van der Waals surface area contributed by atoms with Crippen LogP contribution in [0.4, 0.5) is 5.69 Å². The van der Waals surface area contributed by atoms with Crippen molar-refractivity contribution < 1.29 is 0 Å². The first-order valence-electron chi connectivity index (χ1n) is 8.96. The second-order valence-electron chi connectivity index (χ2n) is 7.58. The van der Waals surface area contributed by atoms with Crippen molar-refractivity contribution in [2.24, 2.45) is 5.92 Å². The molecule has 3 rings (SSSR count). The second kappa shape index (κ2) is 6.07. The van der Waals surface area contributed by atoms with Gasteiger partial charge in [-0.05, 0) is 57.2 Å². The average Bonchev–Trinajstić information content (AvgIpc) is 2.78. The first-order chi connectivity index (χ1) is 11.0. The summed E-state index contributed by atoms with van der Waals surface area (Å²) >= 11 is 0. The summed E-state index contributed by atoms with van der Waals surface area (Å²) in [5.74, 6) is 0.604. The summed E-state index contributed by atoms with van der Waals surface area (Å²) in [5.41, 5.74) is 4.54. The molecular weight excluding hydrogens is 280 g/mol. The molecule has 1 aliphatic heterocycles. The molecule has 1 aromatic rings. The van der Waals surface area contributed by atoms with Crippen molar-refractivity contribution in [2.45, 2.75) is 59.2 Å². The Kier molecular flexibility index (Phi) is 4.27. The molecule has 124 valence electrons. The van der Waals surface area contributed by atoms with Gasteiger partial charge in [0.2, 0.25) is 0 Å². The number of hydrogen-bond acceptors (Lipinski definition) is 2. The van der Waals surface area contributed by atoms with Crippen LogP contribution in [0.5, 0.6) is 0 Å². The maximum atomic E-state index is 2.69. The molecular formula is C21H30N2.